The summed E-state index contributed by atoms with van der Waals surface area (Å²) in [5.41, 5.74) is -0.451. The fourth-order valence-corrected chi connectivity index (χ4v) is 2.74. The number of nitrogens with zero attached hydrogens (tertiary/aromatic N) is 2. The van der Waals surface area contributed by atoms with E-state index in [0.29, 0.717) is 6.04 Å². The van der Waals surface area contributed by atoms with Gasteiger partial charge in [-0.2, -0.15) is 0 Å². The molecule has 0 spiro atoms. The van der Waals surface area contributed by atoms with Gasteiger partial charge in [-0.1, -0.05) is 13.8 Å². The van der Waals surface area contributed by atoms with E-state index in [0.717, 1.165) is 45.7 Å². The quantitative estimate of drug-likeness (QED) is 0.755. The fraction of sp³-hybridized carbons (Fsp3) is 0.941. The molecule has 1 aliphatic heterocycles. The Bertz CT molecular complexity index is 341. The van der Waals surface area contributed by atoms with Gasteiger partial charge in [0.15, 0.2) is 0 Å². The maximum absolute atomic E-state index is 12.5. The molecule has 5 nitrogen and oxygen atoms in total. The molecule has 0 aromatic rings. The number of amides is 1. The Morgan fingerprint density at radius 1 is 1.41 bits per heavy atom. The van der Waals surface area contributed by atoms with Gasteiger partial charge in [0.25, 0.3) is 0 Å². The van der Waals surface area contributed by atoms with Gasteiger partial charge >= 0.3 is 6.09 Å². The lowest BCUT2D eigenvalue weighted by atomic mass is 10.1. The zero-order chi connectivity index (χ0) is 16.8. The number of ether oxygens (including phenoxy) is 2. The topological polar surface area (TPSA) is 42.0 Å². The van der Waals surface area contributed by atoms with Crippen LogP contribution in [0.2, 0.25) is 0 Å². The van der Waals surface area contributed by atoms with Crippen molar-refractivity contribution in [2.75, 3.05) is 32.8 Å². The van der Waals surface area contributed by atoms with Crippen molar-refractivity contribution in [1.29, 1.82) is 0 Å². The first-order valence-electron chi connectivity index (χ1n) is 8.59. The minimum atomic E-state index is -0.451. The minimum Gasteiger partial charge on any atom is -0.444 e. The SMILES string of the molecule is CCCN(C(=O)OC(C)(C)C)[C@H](CC)CN1CCOC[C@@H]1C. The third-order valence-electron chi connectivity index (χ3n) is 3.96. The van der Waals surface area contributed by atoms with Crippen LogP contribution in [0.5, 0.6) is 0 Å². The Kier molecular flexibility index (Phi) is 7.63. The van der Waals surface area contributed by atoms with Gasteiger partial charge in [0.1, 0.15) is 5.60 Å². The Hall–Kier alpha value is -0.810. The highest BCUT2D eigenvalue weighted by molar-refractivity contribution is 5.68. The van der Waals surface area contributed by atoms with Gasteiger partial charge in [-0.05, 0) is 40.5 Å². The van der Waals surface area contributed by atoms with Crippen LogP contribution in [-0.4, -0.2) is 66.4 Å². The number of morpholine rings is 1. The van der Waals surface area contributed by atoms with E-state index in [1.807, 2.05) is 25.7 Å². The van der Waals surface area contributed by atoms with Crippen LogP contribution in [0.3, 0.4) is 0 Å². The fourth-order valence-electron chi connectivity index (χ4n) is 2.74. The summed E-state index contributed by atoms with van der Waals surface area (Å²) in [6, 6.07) is 0.597. The molecule has 0 aromatic carbocycles. The van der Waals surface area contributed by atoms with Crippen molar-refractivity contribution in [1.82, 2.24) is 9.80 Å². The van der Waals surface area contributed by atoms with Crippen LogP contribution in [-0.2, 0) is 9.47 Å². The third-order valence-corrected chi connectivity index (χ3v) is 3.96. The smallest absolute Gasteiger partial charge is 0.410 e. The van der Waals surface area contributed by atoms with Gasteiger partial charge in [0, 0.05) is 31.7 Å². The summed E-state index contributed by atoms with van der Waals surface area (Å²) in [6.07, 6.45) is 1.68. The van der Waals surface area contributed by atoms with E-state index < -0.39 is 5.60 Å². The average Bonchev–Trinajstić information content (AvgIpc) is 2.42. The van der Waals surface area contributed by atoms with E-state index in [-0.39, 0.29) is 12.1 Å². The van der Waals surface area contributed by atoms with Crippen molar-refractivity contribution in [3.05, 3.63) is 0 Å². The summed E-state index contributed by atoms with van der Waals surface area (Å²) in [5.74, 6) is 0. The highest BCUT2D eigenvalue weighted by atomic mass is 16.6. The maximum Gasteiger partial charge on any atom is 0.410 e. The zero-order valence-corrected chi connectivity index (χ0v) is 15.2. The lowest BCUT2D eigenvalue weighted by molar-refractivity contribution is -0.0208. The van der Waals surface area contributed by atoms with Crippen LogP contribution in [0.1, 0.15) is 54.4 Å². The molecule has 1 aliphatic rings. The normalized spacial score (nSPS) is 21.5. The molecule has 1 fully saturated rings. The second kappa shape index (κ2) is 8.73. The predicted octanol–water partition coefficient (Wildman–Crippen LogP) is 3.13. The van der Waals surface area contributed by atoms with E-state index >= 15 is 0 Å². The Morgan fingerprint density at radius 3 is 2.59 bits per heavy atom. The van der Waals surface area contributed by atoms with Crippen LogP contribution in [0.15, 0.2) is 0 Å². The Morgan fingerprint density at radius 2 is 2.09 bits per heavy atom. The van der Waals surface area contributed by atoms with Crippen molar-refractivity contribution >= 4 is 6.09 Å². The Balaban J connectivity index is 2.74. The maximum atomic E-state index is 12.5. The third kappa shape index (κ3) is 6.13. The number of carbonyl (C=O) groups excluding carboxylic acids is 1. The molecule has 5 heteroatoms. The van der Waals surface area contributed by atoms with Crippen LogP contribution in [0, 0.1) is 0 Å². The second-order valence-electron chi connectivity index (χ2n) is 7.15. The predicted molar refractivity (Wildman–Crippen MR) is 89.2 cm³/mol. The lowest BCUT2D eigenvalue weighted by Crippen LogP contribution is -2.53. The molecule has 2 atom stereocenters. The molecule has 130 valence electrons. The van der Waals surface area contributed by atoms with Crippen LogP contribution in [0.4, 0.5) is 4.79 Å². The molecule has 1 heterocycles. The number of carbonyl (C=O) groups is 1. The van der Waals surface area contributed by atoms with E-state index in [2.05, 4.69) is 25.7 Å². The molecular weight excluding hydrogens is 280 g/mol. The van der Waals surface area contributed by atoms with Gasteiger partial charge in [-0.3, -0.25) is 4.90 Å². The lowest BCUT2D eigenvalue weighted by Gasteiger charge is -2.39. The molecule has 0 aliphatic carbocycles. The molecule has 1 amide bonds. The summed E-state index contributed by atoms with van der Waals surface area (Å²) < 4.78 is 11.1. The first-order chi connectivity index (χ1) is 10.3. The van der Waals surface area contributed by atoms with E-state index in [4.69, 9.17) is 9.47 Å². The molecule has 0 radical (unpaired) electrons. The summed E-state index contributed by atoms with van der Waals surface area (Å²) >= 11 is 0. The molecule has 22 heavy (non-hydrogen) atoms. The summed E-state index contributed by atoms with van der Waals surface area (Å²) in [7, 11) is 0. The summed E-state index contributed by atoms with van der Waals surface area (Å²) in [5, 5.41) is 0. The molecule has 0 aromatic heterocycles. The minimum absolute atomic E-state index is 0.190. The Labute approximate surface area is 135 Å². The van der Waals surface area contributed by atoms with E-state index in [1.165, 1.54) is 0 Å². The van der Waals surface area contributed by atoms with Gasteiger partial charge in [-0.25, -0.2) is 4.79 Å². The molecule has 1 rings (SSSR count). The van der Waals surface area contributed by atoms with E-state index in [1.54, 1.807) is 0 Å². The highest BCUT2D eigenvalue weighted by Gasteiger charge is 2.30. The molecule has 0 N–H and O–H groups in total. The number of hydrogen-bond acceptors (Lipinski definition) is 4. The molecule has 0 saturated carbocycles. The largest absolute Gasteiger partial charge is 0.444 e. The van der Waals surface area contributed by atoms with Crippen molar-refractivity contribution in [2.45, 2.75) is 72.1 Å². The van der Waals surface area contributed by atoms with Crippen molar-refractivity contribution in [3.63, 3.8) is 0 Å². The first kappa shape index (κ1) is 19.2. The second-order valence-corrected chi connectivity index (χ2v) is 7.15. The van der Waals surface area contributed by atoms with Gasteiger partial charge < -0.3 is 14.4 Å². The molecule has 0 bridgehead atoms. The number of rotatable bonds is 6. The molecule has 0 unspecified atom stereocenters. The van der Waals surface area contributed by atoms with E-state index in [9.17, 15) is 4.79 Å². The van der Waals surface area contributed by atoms with Crippen molar-refractivity contribution < 1.29 is 14.3 Å². The summed E-state index contributed by atoms with van der Waals surface area (Å²) in [4.78, 5) is 16.9. The molecular formula is C17H34N2O3. The van der Waals surface area contributed by atoms with Crippen LogP contribution < -0.4 is 0 Å². The van der Waals surface area contributed by atoms with Crippen molar-refractivity contribution in [2.24, 2.45) is 0 Å². The molecule has 1 saturated heterocycles. The summed E-state index contributed by atoms with van der Waals surface area (Å²) in [6.45, 7) is 16.3. The average molecular weight is 314 g/mol. The van der Waals surface area contributed by atoms with Gasteiger partial charge in [0.2, 0.25) is 0 Å². The highest BCUT2D eigenvalue weighted by Crippen LogP contribution is 2.17. The monoisotopic (exact) mass is 314 g/mol. The zero-order valence-electron chi connectivity index (χ0n) is 15.2. The van der Waals surface area contributed by atoms with Crippen LogP contribution >= 0.6 is 0 Å². The van der Waals surface area contributed by atoms with Crippen molar-refractivity contribution in [3.8, 4) is 0 Å². The van der Waals surface area contributed by atoms with Gasteiger partial charge in [-0.15, -0.1) is 0 Å². The first-order valence-corrected chi connectivity index (χ1v) is 8.59. The van der Waals surface area contributed by atoms with Gasteiger partial charge in [0.05, 0.1) is 13.2 Å². The standard InChI is InChI=1S/C17H34N2O3/c1-7-9-19(16(20)22-17(4,5)6)15(8-2)12-18-10-11-21-13-14(18)3/h14-15H,7-13H2,1-6H3/t14-,15+/m0/s1. The number of hydrogen-bond donors (Lipinski definition) is 0. The van der Waals surface area contributed by atoms with Crippen LogP contribution in [0.25, 0.3) is 0 Å².